The molecule has 162 valence electrons. The van der Waals surface area contributed by atoms with Crippen LogP contribution in [0.2, 0.25) is 0 Å². The number of ether oxygens (including phenoxy) is 1. The molecule has 3 N–H and O–H groups in total. The Bertz CT molecular complexity index is 668. The standard InChI is InChI=1S/C21H33FN4O3/c1-15(2)11-25(12-16-4-6-17(22)7-5-16)18-10-19(21(28)24-9-8-23)26(13-18)20(27)14-29-3/h4-7,15,18-19H,8-14,23H2,1-3H3,(H,24,28). The highest BCUT2D eigenvalue weighted by molar-refractivity contribution is 5.88. The number of nitrogens with one attached hydrogen (secondary N) is 1. The van der Waals surface area contributed by atoms with Gasteiger partial charge in [-0.3, -0.25) is 14.5 Å². The van der Waals surface area contributed by atoms with E-state index in [2.05, 4.69) is 24.1 Å². The number of methoxy groups -OCH3 is 1. The summed E-state index contributed by atoms with van der Waals surface area (Å²) in [5.74, 6) is -0.246. The minimum Gasteiger partial charge on any atom is -0.375 e. The fourth-order valence-electron chi connectivity index (χ4n) is 3.76. The lowest BCUT2D eigenvalue weighted by Crippen LogP contribution is -2.48. The summed E-state index contributed by atoms with van der Waals surface area (Å²) < 4.78 is 18.3. The van der Waals surface area contributed by atoms with E-state index in [4.69, 9.17) is 10.5 Å². The first kappa shape index (κ1) is 23.3. The number of rotatable bonds is 10. The molecule has 29 heavy (non-hydrogen) atoms. The number of halogens is 1. The molecular formula is C21H33FN4O3. The van der Waals surface area contributed by atoms with Gasteiger partial charge >= 0.3 is 0 Å². The normalized spacial score (nSPS) is 19.2. The molecule has 1 heterocycles. The van der Waals surface area contributed by atoms with Crippen LogP contribution in [0.4, 0.5) is 4.39 Å². The van der Waals surface area contributed by atoms with E-state index >= 15 is 0 Å². The first-order chi connectivity index (χ1) is 13.8. The third kappa shape index (κ3) is 6.76. The minimum absolute atomic E-state index is 0.0249. The molecule has 1 aliphatic heterocycles. The SMILES string of the molecule is COCC(=O)N1CC(N(Cc2ccc(F)cc2)CC(C)C)CC1C(=O)NCCN. The molecule has 0 saturated carbocycles. The molecule has 0 aliphatic carbocycles. The van der Waals surface area contributed by atoms with Crippen LogP contribution in [0.5, 0.6) is 0 Å². The molecule has 1 fully saturated rings. The van der Waals surface area contributed by atoms with Crippen molar-refractivity contribution in [3.05, 3.63) is 35.6 Å². The van der Waals surface area contributed by atoms with Gasteiger partial charge in [-0.25, -0.2) is 4.39 Å². The molecule has 2 amide bonds. The van der Waals surface area contributed by atoms with Gasteiger partial charge in [0.05, 0.1) is 0 Å². The Hall–Kier alpha value is -2.03. The molecule has 1 saturated heterocycles. The van der Waals surface area contributed by atoms with Gasteiger partial charge in [0.2, 0.25) is 11.8 Å². The van der Waals surface area contributed by atoms with Gasteiger partial charge in [0.15, 0.2) is 0 Å². The quantitative estimate of drug-likeness (QED) is 0.603. The fourth-order valence-corrected chi connectivity index (χ4v) is 3.76. The molecule has 1 aliphatic rings. The monoisotopic (exact) mass is 408 g/mol. The van der Waals surface area contributed by atoms with Gasteiger partial charge in [0, 0.05) is 45.9 Å². The third-order valence-electron chi connectivity index (χ3n) is 5.03. The van der Waals surface area contributed by atoms with E-state index in [0.29, 0.717) is 38.5 Å². The molecule has 0 bridgehead atoms. The van der Waals surface area contributed by atoms with E-state index in [1.54, 1.807) is 17.0 Å². The third-order valence-corrected chi connectivity index (χ3v) is 5.03. The highest BCUT2D eigenvalue weighted by Crippen LogP contribution is 2.25. The second kappa shape index (κ2) is 11.2. The summed E-state index contributed by atoms with van der Waals surface area (Å²) in [7, 11) is 1.47. The Morgan fingerprint density at radius 2 is 2.03 bits per heavy atom. The number of nitrogens with two attached hydrogens (primary N) is 1. The van der Waals surface area contributed by atoms with Crippen LogP contribution in [-0.4, -0.2) is 73.6 Å². The number of carbonyl (C=O) groups excluding carboxylic acids is 2. The number of amides is 2. The summed E-state index contributed by atoms with van der Waals surface area (Å²) in [6, 6.07) is 5.94. The van der Waals surface area contributed by atoms with E-state index in [9.17, 15) is 14.0 Å². The molecule has 0 spiro atoms. The van der Waals surface area contributed by atoms with Crippen molar-refractivity contribution in [2.75, 3.05) is 39.9 Å². The summed E-state index contributed by atoms with van der Waals surface area (Å²) in [5.41, 5.74) is 6.49. The number of hydrogen-bond acceptors (Lipinski definition) is 5. The van der Waals surface area contributed by atoms with Crippen molar-refractivity contribution in [3.63, 3.8) is 0 Å². The Labute approximate surface area is 172 Å². The van der Waals surface area contributed by atoms with Gasteiger partial charge in [-0.1, -0.05) is 26.0 Å². The number of nitrogens with zero attached hydrogens (tertiary/aromatic N) is 2. The zero-order valence-electron chi connectivity index (χ0n) is 17.6. The van der Waals surface area contributed by atoms with Crippen LogP contribution >= 0.6 is 0 Å². The van der Waals surface area contributed by atoms with Crippen LogP contribution < -0.4 is 11.1 Å². The molecule has 0 aromatic heterocycles. The topological polar surface area (TPSA) is 87.9 Å². The maximum atomic E-state index is 13.3. The highest BCUT2D eigenvalue weighted by atomic mass is 19.1. The van der Waals surface area contributed by atoms with E-state index < -0.39 is 6.04 Å². The van der Waals surface area contributed by atoms with Crippen LogP contribution in [0.25, 0.3) is 0 Å². The molecule has 1 aromatic carbocycles. The molecular weight excluding hydrogens is 375 g/mol. The largest absolute Gasteiger partial charge is 0.375 e. The molecule has 1 aromatic rings. The number of benzene rings is 1. The van der Waals surface area contributed by atoms with Gasteiger partial charge < -0.3 is 20.7 Å². The van der Waals surface area contributed by atoms with E-state index in [1.807, 2.05) is 0 Å². The Morgan fingerprint density at radius 1 is 1.34 bits per heavy atom. The van der Waals surface area contributed by atoms with Crippen molar-refractivity contribution in [1.82, 2.24) is 15.1 Å². The van der Waals surface area contributed by atoms with Crippen molar-refractivity contribution < 1.29 is 18.7 Å². The molecule has 2 rings (SSSR count). The average Bonchev–Trinajstić information content (AvgIpc) is 3.13. The van der Waals surface area contributed by atoms with Crippen LogP contribution in [0.15, 0.2) is 24.3 Å². The molecule has 0 radical (unpaired) electrons. The lowest BCUT2D eigenvalue weighted by atomic mass is 10.1. The smallest absolute Gasteiger partial charge is 0.249 e. The van der Waals surface area contributed by atoms with Gasteiger partial charge in [0.1, 0.15) is 18.5 Å². The van der Waals surface area contributed by atoms with Gasteiger partial charge in [-0.15, -0.1) is 0 Å². The predicted molar refractivity (Wildman–Crippen MR) is 109 cm³/mol. The Balaban J connectivity index is 2.19. The van der Waals surface area contributed by atoms with Crippen LogP contribution in [0.1, 0.15) is 25.8 Å². The zero-order chi connectivity index (χ0) is 21.4. The number of hydrogen-bond donors (Lipinski definition) is 2. The van der Waals surface area contributed by atoms with E-state index in [0.717, 1.165) is 12.1 Å². The molecule has 2 unspecified atom stereocenters. The fraction of sp³-hybridized carbons (Fsp3) is 0.619. The van der Waals surface area contributed by atoms with Crippen molar-refractivity contribution in [2.24, 2.45) is 11.7 Å². The maximum absolute atomic E-state index is 13.3. The second-order valence-corrected chi connectivity index (χ2v) is 7.91. The van der Waals surface area contributed by atoms with Gasteiger partial charge in [-0.2, -0.15) is 0 Å². The first-order valence-corrected chi connectivity index (χ1v) is 10.1. The van der Waals surface area contributed by atoms with Crippen LogP contribution in [-0.2, 0) is 20.9 Å². The lowest BCUT2D eigenvalue weighted by Gasteiger charge is -2.30. The minimum atomic E-state index is -0.544. The molecule has 2 atom stereocenters. The maximum Gasteiger partial charge on any atom is 0.249 e. The van der Waals surface area contributed by atoms with Crippen molar-refractivity contribution in [3.8, 4) is 0 Å². The highest BCUT2D eigenvalue weighted by Gasteiger charge is 2.41. The molecule has 7 nitrogen and oxygen atoms in total. The Kier molecular flexibility index (Phi) is 9.00. The number of likely N-dealkylation sites (tertiary alicyclic amines) is 1. The zero-order valence-corrected chi connectivity index (χ0v) is 17.6. The van der Waals surface area contributed by atoms with Crippen LogP contribution in [0, 0.1) is 11.7 Å². The van der Waals surface area contributed by atoms with Crippen molar-refractivity contribution in [2.45, 2.75) is 38.9 Å². The van der Waals surface area contributed by atoms with Crippen molar-refractivity contribution >= 4 is 11.8 Å². The Morgan fingerprint density at radius 3 is 2.62 bits per heavy atom. The number of carbonyl (C=O) groups is 2. The molecule has 8 heteroatoms. The second-order valence-electron chi connectivity index (χ2n) is 7.91. The van der Waals surface area contributed by atoms with Crippen LogP contribution in [0.3, 0.4) is 0 Å². The van der Waals surface area contributed by atoms with E-state index in [-0.39, 0.29) is 30.3 Å². The summed E-state index contributed by atoms with van der Waals surface area (Å²) in [5, 5.41) is 2.80. The predicted octanol–water partition coefficient (Wildman–Crippen LogP) is 0.975. The summed E-state index contributed by atoms with van der Waals surface area (Å²) in [4.78, 5) is 29.1. The van der Waals surface area contributed by atoms with E-state index in [1.165, 1.54) is 19.2 Å². The van der Waals surface area contributed by atoms with Gasteiger partial charge in [-0.05, 0) is 30.0 Å². The summed E-state index contributed by atoms with van der Waals surface area (Å²) in [6.07, 6.45) is 0.541. The lowest BCUT2D eigenvalue weighted by molar-refractivity contribution is -0.141. The first-order valence-electron chi connectivity index (χ1n) is 10.1. The van der Waals surface area contributed by atoms with Crippen molar-refractivity contribution in [1.29, 1.82) is 0 Å². The summed E-state index contributed by atoms with van der Waals surface area (Å²) >= 11 is 0. The summed E-state index contributed by atoms with van der Waals surface area (Å²) in [6.45, 7) is 6.82. The average molecular weight is 409 g/mol. The van der Waals surface area contributed by atoms with Gasteiger partial charge in [0.25, 0.3) is 0 Å².